The Hall–Kier alpha value is -2.68. The van der Waals surface area contributed by atoms with E-state index in [0.29, 0.717) is 12.3 Å². The number of nitrogens with zero attached hydrogens (tertiary/aromatic N) is 3. The lowest BCUT2D eigenvalue weighted by Gasteiger charge is -2.54. The molecule has 0 aromatic heterocycles. The molecule has 1 aliphatic heterocycles. The van der Waals surface area contributed by atoms with Gasteiger partial charge in [-0.2, -0.15) is 0 Å². The van der Waals surface area contributed by atoms with Crippen LogP contribution in [0, 0.1) is 38.7 Å². The van der Waals surface area contributed by atoms with E-state index in [0.717, 1.165) is 31.2 Å². The third-order valence-electron chi connectivity index (χ3n) is 10.8. The fourth-order valence-electron chi connectivity index (χ4n) is 7.91. The minimum Gasteiger partial charge on any atom is -0.444 e. The van der Waals surface area contributed by atoms with Crippen LogP contribution < -0.4 is 0 Å². The van der Waals surface area contributed by atoms with Gasteiger partial charge in [-0.25, -0.2) is 4.79 Å². The maximum Gasteiger partial charge on any atom is 0.412 e. The topological polar surface area (TPSA) is 102 Å². The molecule has 1 aromatic rings. The van der Waals surface area contributed by atoms with Crippen LogP contribution >= 0.6 is 0 Å². The van der Waals surface area contributed by atoms with E-state index in [4.69, 9.17) is 9.47 Å². The Morgan fingerprint density at radius 1 is 1.12 bits per heavy atom. The first kappa shape index (κ1) is 30.3. The largest absolute Gasteiger partial charge is 0.444 e. The second-order valence-corrected chi connectivity index (χ2v) is 13.5. The highest BCUT2D eigenvalue weighted by Crippen LogP contribution is 2.72. The molecule has 4 rings (SSSR count). The molecule has 6 atom stereocenters. The number of carbonyl (C=O) groups excluding carboxylic acids is 2. The van der Waals surface area contributed by atoms with Gasteiger partial charge in [-0.05, 0) is 61.3 Å². The second kappa shape index (κ2) is 11.3. The van der Waals surface area contributed by atoms with Gasteiger partial charge in [0.15, 0.2) is 0 Å². The molecule has 2 saturated carbocycles. The highest BCUT2D eigenvalue weighted by Gasteiger charge is 2.70. The zero-order chi connectivity index (χ0) is 29.5. The number of hydrogen-bond donors (Lipinski definition) is 0. The monoisotopic (exact) mass is 557 g/mol. The van der Waals surface area contributed by atoms with E-state index < -0.39 is 41.4 Å². The van der Waals surface area contributed by atoms with Crippen LogP contribution in [0.15, 0.2) is 30.3 Å². The molecule has 3 aliphatic rings. The van der Waals surface area contributed by atoms with Gasteiger partial charge in [0.05, 0.1) is 11.5 Å². The number of amides is 2. The summed E-state index contributed by atoms with van der Waals surface area (Å²) in [6.45, 7) is 10.3. The summed E-state index contributed by atoms with van der Waals surface area (Å²) < 4.78 is 12.9. The highest BCUT2D eigenvalue weighted by molar-refractivity contribution is 5.86. The normalized spacial score (nSPS) is 30.2. The van der Waals surface area contributed by atoms with Crippen LogP contribution in [-0.4, -0.2) is 65.2 Å². The maximum absolute atomic E-state index is 14.1. The highest BCUT2D eigenvalue weighted by atomic mass is 16.6. The molecule has 0 radical (unpaired) electrons. The molecule has 1 saturated heterocycles. The van der Waals surface area contributed by atoms with Gasteiger partial charge in [0.2, 0.25) is 12.5 Å². The van der Waals surface area contributed by atoms with Crippen molar-refractivity contribution >= 4 is 12.0 Å². The van der Waals surface area contributed by atoms with Crippen LogP contribution in [0.1, 0.15) is 78.7 Å². The van der Waals surface area contributed by atoms with Crippen molar-refractivity contribution in [2.24, 2.45) is 28.6 Å². The van der Waals surface area contributed by atoms with Gasteiger partial charge in [0.1, 0.15) is 18.9 Å². The lowest BCUT2D eigenvalue weighted by molar-refractivity contribution is -0.491. The van der Waals surface area contributed by atoms with Gasteiger partial charge in [0, 0.05) is 24.4 Å². The first-order valence-corrected chi connectivity index (χ1v) is 14.7. The van der Waals surface area contributed by atoms with Crippen LogP contribution in [-0.2, 0) is 20.9 Å². The van der Waals surface area contributed by atoms with Crippen LogP contribution in [0.2, 0.25) is 0 Å². The van der Waals surface area contributed by atoms with Crippen molar-refractivity contribution in [3.05, 3.63) is 46.0 Å². The van der Waals surface area contributed by atoms with E-state index in [1.165, 1.54) is 16.2 Å². The van der Waals surface area contributed by atoms with Gasteiger partial charge in [-0.15, -0.1) is 0 Å². The number of fused-ring (bicyclic) bond motifs is 3. The number of ether oxygens (including phenoxy) is 2. The molecule has 9 heteroatoms. The van der Waals surface area contributed by atoms with Gasteiger partial charge < -0.3 is 14.4 Å². The average Bonchev–Trinajstić information content (AvgIpc) is 3.21. The number of carbonyl (C=O) groups is 2. The summed E-state index contributed by atoms with van der Waals surface area (Å²) in [6.07, 6.45) is 4.06. The molecule has 222 valence electrons. The summed E-state index contributed by atoms with van der Waals surface area (Å²) in [5.41, 5.74) is 0.434. The fraction of sp³-hybridized carbons (Fsp3) is 0.742. The Morgan fingerprint density at radius 2 is 1.80 bits per heavy atom. The molecule has 0 N–H and O–H groups in total. The van der Waals surface area contributed by atoms with E-state index in [-0.39, 0.29) is 29.3 Å². The zero-order valence-corrected chi connectivity index (χ0v) is 25.2. The van der Waals surface area contributed by atoms with Crippen molar-refractivity contribution in [3.63, 3.8) is 0 Å². The summed E-state index contributed by atoms with van der Waals surface area (Å²) in [4.78, 5) is 42.2. The Labute approximate surface area is 238 Å². The minimum absolute atomic E-state index is 0.0330. The molecule has 1 heterocycles. The molecule has 3 fully saturated rings. The van der Waals surface area contributed by atoms with E-state index in [9.17, 15) is 19.7 Å². The van der Waals surface area contributed by atoms with Crippen LogP contribution in [0.3, 0.4) is 0 Å². The third-order valence-corrected chi connectivity index (χ3v) is 10.8. The molecular formula is C31H47N3O6. The molecule has 1 aromatic carbocycles. The van der Waals surface area contributed by atoms with Gasteiger partial charge in [-0.3, -0.25) is 19.8 Å². The SMILES string of the molecule is CC(C)[C@@H](C[N+](=O)[O-])[C@H](C(=O)N(C)C)N(C(=O)OCc1ccccc1)[C@H]1CCC[C@]2(C[C@H]3CC[C@]2(C)C3(C)C)O1. The zero-order valence-electron chi connectivity index (χ0n) is 25.2. The van der Waals surface area contributed by atoms with Crippen LogP contribution in [0.4, 0.5) is 4.79 Å². The van der Waals surface area contributed by atoms with Crippen molar-refractivity contribution in [1.29, 1.82) is 0 Å². The lowest BCUT2D eigenvalue weighted by atomic mass is 9.62. The second-order valence-electron chi connectivity index (χ2n) is 13.5. The van der Waals surface area contributed by atoms with Crippen molar-refractivity contribution in [2.45, 2.75) is 97.6 Å². The predicted molar refractivity (Wildman–Crippen MR) is 152 cm³/mol. The van der Waals surface area contributed by atoms with Crippen LogP contribution in [0.25, 0.3) is 0 Å². The molecule has 40 heavy (non-hydrogen) atoms. The van der Waals surface area contributed by atoms with Crippen molar-refractivity contribution in [1.82, 2.24) is 9.80 Å². The van der Waals surface area contributed by atoms with E-state index in [1.807, 2.05) is 44.2 Å². The van der Waals surface area contributed by atoms with Crippen molar-refractivity contribution in [3.8, 4) is 0 Å². The summed E-state index contributed by atoms with van der Waals surface area (Å²) in [5.74, 6) is -0.783. The number of hydrogen-bond acceptors (Lipinski definition) is 6. The molecule has 2 amide bonds. The fourth-order valence-corrected chi connectivity index (χ4v) is 7.91. The van der Waals surface area contributed by atoms with Gasteiger partial charge in [0.25, 0.3) is 0 Å². The van der Waals surface area contributed by atoms with E-state index in [2.05, 4.69) is 20.8 Å². The van der Waals surface area contributed by atoms with Gasteiger partial charge >= 0.3 is 6.09 Å². The minimum atomic E-state index is -1.09. The number of nitro groups is 1. The number of rotatable bonds is 9. The molecule has 1 spiro atoms. The lowest BCUT2D eigenvalue weighted by Crippen LogP contribution is -2.63. The Balaban J connectivity index is 1.74. The molecular weight excluding hydrogens is 510 g/mol. The maximum atomic E-state index is 14.1. The van der Waals surface area contributed by atoms with Crippen molar-refractivity contribution in [2.75, 3.05) is 20.6 Å². The molecule has 2 bridgehead atoms. The van der Waals surface area contributed by atoms with E-state index >= 15 is 0 Å². The van der Waals surface area contributed by atoms with E-state index in [1.54, 1.807) is 14.1 Å². The molecule has 0 unspecified atom stereocenters. The first-order chi connectivity index (χ1) is 18.7. The summed E-state index contributed by atoms with van der Waals surface area (Å²) in [5, 5.41) is 11.8. The third kappa shape index (κ3) is 5.21. The first-order valence-electron chi connectivity index (χ1n) is 14.7. The Morgan fingerprint density at radius 3 is 2.33 bits per heavy atom. The quantitative estimate of drug-likeness (QED) is 0.283. The summed E-state index contributed by atoms with van der Waals surface area (Å²) >= 11 is 0. The predicted octanol–water partition coefficient (Wildman–Crippen LogP) is 5.74. The van der Waals surface area contributed by atoms with Crippen LogP contribution in [0.5, 0.6) is 0 Å². The summed E-state index contributed by atoms with van der Waals surface area (Å²) in [6, 6.07) is 8.28. The Kier molecular flexibility index (Phi) is 8.56. The number of likely N-dealkylation sites (N-methyl/N-ethyl adjacent to an activating group) is 1. The van der Waals surface area contributed by atoms with Crippen molar-refractivity contribution < 1.29 is 24.0 Å². The molecule has 2 aliphatic carbocycles. The smallest absolute Gasteiger partial charge is 0.412 e. The average molecular weight is 558 g/mol. The Bertz CT molecular complexity index is 1090. The standard InChI is InChI=1S/C31H47N3O6/c1-21(2)24(19-33(37)38)26(27(35)32(6)7)34(28(36)39-20-22-12-9-8-10-13-22)25-14-11-16-31(40-25)18-23-15-17-30(31,5)29(23,3)4/h8-10,12-13,21,23-26H,11,14-20H2,1-7H3/t23-,24-,25-,26-,30-,31-/m1/s1. The molecule has 9 nitrogen and oxygen atoms in total. The number of benzene rings is 1. The van der Waals surface area contributed by atoms with Gasteiger partial charge in [-0.1, -0.05) is 65.0 Å². The summed E-state index contributed by atoms with van der Waals surface area (Å²) in [7, 11) is 3.24.